The molecule has 10 heteroatoms. The molecule has 130 valence electrons. The molecular weight excluding hydrogens is 372 g/mol. The zero-order chi connectivity index (χ0) is 17.2. The van der Waals surface area contributed by atoms with E-state index < -0.39 is 10.0 Å². The lowest BCUT2D eigenvalue weighted by atomic mass is 9.97. The average Bonchev–Trinajstić information content (AvgIpc) is 3.08. The highest BCUT2D eigenvalue weighted by Crippen LogP contribution is 2.27. The fraction of sp³-hybridized carbons (Fsp3) is 0.500. The SMILES string of the molecule is O=C(NC1=NCCS1)C1CCN(S(=O)(=O)c2cccnc2Cl)CC1. The van der Waals surface area contributed by atoms with Crippen LogP contribution in [0.1, 0.15) is 12.8 Å². The van der Waals surface area contributed by atoms with Crippen molar-refractivity contribution in [2.24, 2.45) is 10.9 Å². The predicted molar refractivity (Wildman–Crippen MR) is 93.6 cm³/mol. The van der Waals surface area contributed by atoms with Gasteiger partial charge in [0.25, 0.3) is 0 Å². The molecule has 0 aliphatic carbocycles. The molecule has 0 aromatic carbocycles. The maximum absolute atomic E-state index is 12.6. The van der Waals surface area contributed by atoms with E-state index in [1.807, 2.05) is 0 Å². The fourth-order valence-electron chi connectivity index (χ4n) is 2.68. The van der Waals surface area contributed by atoms with Crippen LogP contribution in [0.15, 0.2) is 28.2 Å². The van der Waals surface area contributed by atoms with Gasteiger partial charge in [-0.05, 0) is 25.0 Å². The molecule has 3 rings (SSSR count). The molecule has 0 atom stereocenters. The minimum atomic E-state index is -3.68. The van der Waals surface area contributed by atoms with Crippen LogP contribution in [0, 0.1) is 5.92 Å². The van der Waals surface area contributed by atoms with Crippen LogP contribution in [0.4, 0.5) is 0 Å². The van der Waals surface area contributed by atoms with Crippen LogP contribution in [-0.2, 0) is 14.8 Å². The van der Waals surface area contributed by atoms with Crippen LogP contribution in [0.3, 0.4) is 0 Å². The molecule has 1 saturated heterocycles. The van der Waals surface area contributed by atoms with Gasteiger partial charge in [0.15, 0.2) is 5.17 Å². The molecule has 1 aromatic rings. The van der Waals surface area contributed by atoms with Crippen LogP contribution in [0.25, 0.3) is 0 Å². The molecule has 1 aromatic heterocycles. The Hall–Kier alpha value is -1.16. The number of nitrogens with zero attached hydrogens (tertiary/aromatic N) is 3. The van der Waals surface area contributed by atoms with Gasteiger partial charge in [0.1, 0.15) is 10.0 Å². The second-order valence-electron chi connectivity index (χ2n) is 5.50. The van der Waals surface area contributed by atoms with Crippen LogP contribution in [0.2, 0.25) is 5.15 Å². The Balaban J connectivity index is 1.62. The Morgan fingerprint density at radius 2 is 2.12 bits per heavy atom. The van der Waals surface area contributed by atoms with E-state index in [1.165, 1.54) is 28.3 Å². The van der Waals surface area contributed by atoms with Crippen molar-refractivity contribution in [2.45, 2.75) is 17.7 Å². The van der Waals surface area contributed by atoms with E-state index in [1.54, 1.807) is 6.07 Å². The number of amidine groups is 1. The summed E-state index contributed by atoms with van der Waals surface area (Å²) in [7, 11) is -3.68. The molecule has 3 heterocycles. The zero-order valence-corrected chi connectivity index (χ0v) is 15.2. The third-order valence-electron chi connectivity index (χ3n) is 3.98. The summed E-state index contributed by atoms with van der Waals surface area (Å²) >= 11 is 7.43. The number of hydrogen-bond acceptors (Lipinski definition) is 6. The smallest absolute Gasteiger partial charge is 0.246 e. The Morgan fingerprint density at radius 3 is 2.75 bits per heavy atom. The second kappa shape index (κ2) is 7.38. The van der Waals surface area contributed by atoms with Gasteiger partial charge in [-0.3, -0.25) is 9.79 Å². The van der Waals surface area contributed by atoms with Crippen molar-refractivity contribution in [1.29, 1.82) is 0 Å². The van der Waals surface area contributed by atoms with Gasteiger partial charge >= 0.3 is 0 Å². The van der Waals surface area contributed by atoms with E-state index in [0.29, 0.717) is 18.0 Å². The van der Waals surface area contributed by atoms with Crippen molar-refractivity contribution in [3.63, 3.8) is 0 Å². The van der Waals surface area contributed by atoms with Gasteiger partial charge in [-0.25, -0.2) is 13.4 Å². The molecule has 24 heavy (non-hydrogen) atoms. The number of pyridine rings is 1. The lowest BCUT2D eigenvalue weighted by Crippen LogP contribution is -2.43. The fourth-order valence-corrected chi connectivity index (χ4v) is 5.31. The lowest BCUT2D eigenvalue weighted by Gasteiger charge is -2.30. The summed E-state index contributed by atoms with van der Waals surface area (Å²) in [6.45, 7) is 1.29. The molecular formula is C14H17ClN4O3S2. The summed E-state index contributed by atoms with van der Waals surface area (Å²) in [4.78, 5) is 20.3. The van der Waals surface area contributed by atoms with Crippen molar-refractivity contribution >= 4 is 44.5 Å². The van der Waals surface area contributed by atoms with Crippen molar-refractivity contribution < 1.29 is 13.2 Å². The first-order valence-corrected chi connectivity index (χ1v) is 10.4. The van der Waals surface area contributed by atoms with Gasteiger partial charge in [-0.1, -0.05) is 23.4 Å². The third kappa shape index (κ3) is 3.74. The number of nitrogens with one attached hydrogen (secondary N) is 1. The van der Waals surface area contributed by atoms with Gasteiger partial charge in [0.2, 0.25) is 15.9 Å². The molecule has 0 bridgehead atoms. The second-order valence-corrected chi connectivity index (χ2v) is 8.84. The molecule has 2 aliphatic rings. The highest BCUT2D eigenvalue weighted by Gasteiger charge is 2.33. The van der Waals surface area contributed by atoms with Crippen LogP contribution in [-0.4, -0.2) is 54.2 Å². The Bertz CT molecular complexity index is 761. The summed E-state index contributed by atoms with van der Waals surface area (Å²) < 4.78 is 26.6. The topological polar surface area (TPSA) is 91.7 Å². The number of carbonyl (C=O) groups is 1. The van der Waals surface area contributed by atoms with E-state index in [0.717, 1.165) is 12.3 Å². The Labute approximate surface area is 149 Å². The molecule has 7 nitrogen and oxygen atoms in total. The number of thioether (sulfide) groups is 1. The first-order valence-electron chi connectivity index (χ1n) is 7.57. The summed E-state index contributed by atoms with van der Waals surface area (Å²) in [5.41, 5.74) is 0. The van der Waals surface area contributed by atoms with E-state index in [-0.39, 0.29) is 35.0 Å². The maximum atomic E-state index is 12.6. The number of piperidine rings is 1. The van der Waals surface area contributed by atoms with Crippen molar-refractivity contribution in [2.75, 3.05) is 25.4 Å². The molecule has 0 spiro atoms. The van der Waals surface area contributed by atoms with Crippen LogP contribution >= 0.6 is 23.4 Å². The highest BCUT2D eigenvalue weighted by molar-refractivity contribution is 8.14. The number of hydrogen-bond donors (Lipinski definition) is 1. The number of carbonyl (C=O) groups excluding carboxylic acids is 1. The van der Waals surface area contributed by atoms with Gasteiger partial charge in [0.05, 0.1) is 6.54 Å². The summed E-state index contributed by atoms with van der Waals surface area (Å²) in [5.74, 6) is 0.599. The first kappa shape index (κ1) is 17.7. The number of sulfonamides is 1. The first-order chi connectivity index (χ1) is 11.5. The number of rotatable bonds is 3. The highest BCUT2D eigenvalue weighted by atomic mass is 35.5. The van der Waals surface area contributed by atoms with E-state index >= 15 is 0 Å². The van der Waals surface area contributed by atoms with Gasteiger partial charge < -0.3 is 5.32 Å². The minimum absolute atomic E-state index is 0.00581. The zero-order valence-electron chi connectivity index (χ0n) is 12.8. The molecule has 2 aliphatic heterocycles. The van der Waals surface area contributed by atoms with E-state index in [4.69, 9.17) is 11.6 Å². The van der Waals surface area contributed by atoms with Crippen molar-refractivity contribution in [1.82, 2.24) is 14.6 Å². The van der Waals surface area contributed by atoms with Gasteiger partial charge in [0, 0.05) is 31.0 Å². The molecule has 0 saturated carbocycles. The molecule has 1 amide bonds. The molecule has 1 fully saturated rings. The lowest BCUT2D eigenvalue weighted by molar-refractivity contribution is -0.124. The minimum Gasteiger partial charge on any atom is -0.305 e. The maximum Gasteiger partial charge on any atom is 0.246 e. The molecule has 0 radical (unpaired) electrons. The van der Waals surface area contributed by atoms with Crippen LogP contribution in [0.5, 0.6) is 0 Å². The summed E-state index contributed by atoms with van der Waals surface area (Å²) in [5, 5.41) is 3.45. The van der Waals surface area contributed by atoms with Crippen molar-refractivity contribution in [3.05, 3.63) is 23.5 Å². The van der Waals surface area contributed by atoms with E-state index in [2.05, 4.69) is 15.3 Å². The average molecular weight is 389 g/mol. The van der Waals surface area contributed by atoms with Gasteiger partial charge in [-0.2, -0.15) is 4.31 Å². The molecule has 0 unspecified atom stereocenters. The quantitative estimate of drug-likeness (QED) is 0.789. The summed E-state index contributed by atoms with van der Waals surface area (Å²) in [6.07, 6.45) is 2.39. The molecule has 1 N–H and O–H groups in total. The van der Waals surface area contributed by atoms with Crippen LogP contribution < -0.4 is 5.32 Å². The van der Waals surface area contributed by atoms with Gasteiger partial charge in [-0.15, -0.1) is 0 Å². The predicted octanol–water partition coefficient (Wildman–Crippen LogP) is 1.35. The summed E-state index contributed by atoms with van der Waals surface area (Å²) in [6, 6.07) is 2.98. The normalized spacial score (nSPS) is 20.0. The monoisotopic (exact) mass is 388 g/mol. The number of aromatic nitrogens is 1. The van der Waals surface area contributed by atoms with E-state index in [9.17, 15) is 13.2 Å². The number of halogens is 1. The Kier molecular flexibility index (Phi) is 5.43. The Morgan fingerprint density at radius 1 is 1.38 bits per heavy atom. The third-order valence-corrected chi connectivity index (χ3v) is 7.22. The largest absolute Gasteiger partial charge is 0.305 e. The standard InChI is InChI=1S/C14H17ClN4O3S2/c15-12-11(2-1-5-16-12)24(21,22)19-7-3-10(4-8-19)13(20)18-14-17-6-9-23-14/h1-2,5,10H,3-4,6-9H2,(H,17,18,20). The number of aliphatic imine (C=N–C) groups is 1. The number of amides is 1. The van der Waals surface area contributed by atoms with Crippen molar-refractivity contribution in [3.8, 4) is 0 Å².